The van der Waals surface area contributed by atoms with E-state index in [1.165, 1.54) is 38.5 Å². The van der Waals surface area contributed by atoms with E-state index in [2.05, 4.69) is 11.7 Å². The molecule has 36 heavy (non-hydrogen) atoms. The Morgan fingerprint density at radius 2 is 1.22 bits per heavy atom. The molecule has 1 nitrogen and oxygen atoms in total. The Bertz CT molecular complexity index is 1010. The molecule has 2 aromatic carbocycles. The highest BCUT2D eigenvalue weighted by Crippen LogP contribution is 2.45. The van der Waals surface area contributed by atoms with Crippen LogP contribution >= 0.6 is 0 Å². The molecule has 0 amide bonds. The molecular weight excluding hydrogens is 485 g/mol. The van der Waals surface area contributed by atoms with E-state index < -0.39 is 46.5 Å². The number of ether oxygens (including phenoxy) is 1. The summed E-state index contributed by atoms with van der Waals surface area (Å²) in [6.45, 7) is 2.22. The molecule has 2 saturated carbocycles. The highest BCUT2D eigenvalue weighted by molar-refractivity contribution is 5.33. The SMILES string of the molecule is CCCC1CCC(C2CCC(c3cc(F)c(C(F)(F)Oc4cc(F)c(F)c(F)c4)c(F)c3)CC2)CC1. The lowest BCUT2D eigenvalue weighted by Crippen LogP contribution is -2.27. The lowest BCUT2D eigenvalue weighted by atomic mass is 9.68. The first kappa shape index (κ1) is 26.8. The van der Waals surface area contributed by atoms with Crippen molar-refractivity contribution < 1.29 is 35.5 Å². The third-order valence-electron chi connectivity index (χ3n) is 8.06. The highest BCUT2D eigenvalue weighted by atomic mass is 19.3. The maximum absolute atomic E-state index is 14.7. The number of halogens is 7. The molecule has 2 aliphatic carbocycles. The Labute approximate surface area is 207 Å². The van der Waals surface area contributed by atoms with E-state index >= 15 is 0 Å². The van der Waals surface area contributed by atoms with Crippen LogP contribution in [0.15, 0.2) is 24.3 Å². The monoisotopic (exact) mass is 516 g/mol. The predicted molar refractivity (Wildman–Crippen MR) is 122 cm³/mol. The van der Waals surface area contributed by atoms with Crippen LogP contribution in [0, 0.1) is 46.8 Å². The minimum atomic E-state index is -4.57. The summed E-state index contributed by atoms with van der Waals surface area (Å²) in [5.74, 6) is -7.53. The van der Waals surface area contributed by atoms with Crippen LogP contribution in [0.25, 0.3) is 0 Å². The lowest BCUT2D eigenvalue weighted by molar-refractivity contribution is -0.189. The smallest absolute Gasteiger partial charge is 0.429 e. The van der Waals surface area contributed by atoms with E-state index in [0.29, 0.717) is 17.4 Å². The Morgan fingerprint density at radius 1 is 0.722 bits per heavy atom. The maximum atomic E-state index is 14.7. The Kier molecular flexibility index (Phi) is 8.20. The molecule has 2 aromatic rings. The van der Waals surface area contributed by atoms with Crippen molar-refractivity contribution in [2.75, 3.05) is 0 Å². The van der Waals surface area contributed by atoms with Gasteiger partial charge < -0.3 is 4.74 Å². The van der Waals surface area contributed by atoms with Gasteiger partial charge in [-0.25, -0.2) is 22.0 Å². The number of hydrogen-bond donors (Lipinski definition) is 0. The zero-order valence-electron chi connectivity index (χ0n) is 20.2. The van der Waals surface area contributed by atoms with Crippen LogP contribution in [0.4, 0.5) is 30.7 Å². The molecule has 4 rings (SSSR count). The molecule has 0 N–H and O–H groups in total. The van der Waals surface area contributed by atoms with E-state index in [4.69, 9.17) is 0 Å². The van der Waals surface area contributed by atoms with Gasteiger partial charge in [0.25, 0.3) is 0 Å². The van der Waals surface area contributed by atoms with Gasteiger partial charge in [0, 0.05) is 12.1 Å². The van der Waals surface area contributed by atoms with Crippen LogP contribution in [0.1, 0.15) is 88.2 Å². The van der Waals surface area contributed by atoms with Crippen molar-refractivity contribution in [2.45, 2.75) is 83.2 Å². The number of hydrogen-bond acceptors (Lipinski definition) is 1. The summed E-state index contributed by atoms with van der Waals surface area (Å²) in [6, 6.07) is 2.15. The first-order valence-corrected chi connectivity index (χ1v) is 12.8. The largest absolute Gasteiger partial charge is 0.432 e. The molecule has 2 fully saturated rings. The van der Waals surface area contributed by atoms with Gasteiger partial charge in [0.1, 0.15) is 22.9 Å². The van der Waals surface area contributed by atoms with Gasteiger partial charge in [0.2, 0.25) is 0 Å². The predicted octanol–water partition coefficient (Wildman–Crippen LogP) is 9.39. The molecule has 0 saturated heterocycles. The fourth-order valence-electron chi connectivity index (χ4n) is 6.18. The lowest BCUT2D eigenvalue weighted by Gasteiger charge is -2.38. The van der Waals surface area contributed by atoms with E-state index in [0.717, 1.165) is 43.7 Å². The van der Waals surface area contributed by atoms with Crippen molar-refractivity contribution in [3.8, 4) is 5.75 Å². The van der Waals surface area contributed by atoms with Gasteiger partial charge in [-0.3, -0.25) is 0 Å². The van der Waals surface area contributed by atoms with Crippen LogP contribution in [-0.4, -0.2) is 0 Å². The zero-order valence-corrected chi connectivity index (χ0v) is 20.2. The Hall–Kier alpha value is -2.25. The van der Waals surface area contributed by atoms with Gasteiger partial charge in [0.05, 0.1) is 0 Å². The van der Waals surface area contributed by atoms with Crippen LogP contribution < -0.4 is 4.74 Å². The highest BCUT2D eigenvalue weighted by Gasteiger charge is 2.42. The van der Waals surface area contributed by atoms with Gasteiger partial charge in [-0.05, 0) is 79.9 Å². The minimum Gasteiger partial charge on any atom is -0.429 e. The quantitative estimate of drug-likeness (QED) is 0.263. The first-order chi connectivity index (χ1) is 17.1. The van der Waals surface area contributed by atoms with Crippen molar-refractivity contribution >= 4 is 0 Å². The van der Waals surface area contributed by atoms with Crippen molar-refractivity contribution in [1.29, 1.82) is 0 Å². The van der Waals surface area contributed by atoms with Gasteiger partial charge in [-0.1, -0.05) is 32.6 Å². The fraction of sp³-hybridized carbons (Fsp3) is 0.571. The van der Waals surface area contributed by atoms with Crippen molar-refractivity contribution in [3.63, 3.8) is 0 Å². The van der Waals surface area contributed by atoms with Gasteiger partial charge in [-0.2, -0.15) is 8.78 Å². The molecule has 0 spiro atoms. The molecule has 198 valence electrons. The van der Waals surface area contributed by atoms with Crippen molar-refractivity contribution in [2.24, 2.45) is 17.8 Å². The summed E-state index contributed by atoms with van der Waals surface area (Å²) >= 11 is 0. The average molecular weight is 517 g/mol. The minimum absolute atomic E-state index is 0.134. The molecule has 0 aromatic heterocycles. The van der Waals surface area contributed by atoms with Crippen LogP contribution in [0.2, 0.25) is 0 Å². The molecule has 0 bridgehead atoms. The second-order valence-electron chi connectivity index (χ2n) is 10.4. The fourth-order valence-corrected chi connectivity index (χ4v) is 6.18. The van der Waals surface area contributed by atoms with Gasteiger partial charge in [-0.15, -0.1) is 0 Å². The third-order valence-corrected chi connectivity index (χ3v) is 8.06. The maximum Gasteiger partial charge on any atom is 0.432 e. The second-order valence-corrected chi connectivity index (χ2v) is 10.4. The van der Waals surface area contributed by atoms with E-state index in [1.54, 1.807) is 0 Å². The number of benzene rings is 2. The van der Waals surface area contributed by atoms with E-state index in [1.807, 2.05) is 0 Å². The molecule has 0 aliphatic heterocycles. The molecule has 2 aliphatic rings. The standard InChI is InChI=1S/C28H31F7O/c1-2-3-16-4-6-17(7-5-16)18-8-10-19(11-9-18)20-12-22(29)26(23(30)13-20)28(34,35)36-21-14-24(31)27(33)25(32)15-21/h12-19H,2-11H2,1H3. The zero-order chi connectivity index (χ0) is 26.0. The van der Waals surface area contributed by atoms with Crippen molar-refractivity contribution in [3.05, 3.63) is 64.5 Å². The van der Waals surface area contributed by atoms with E-state index in [9.17, 15) is 30.7 Å². The number of alkyl halides is 2. The van der Waals surface area contributed by atoms with Crippen LogP contribution in [0.3, 0.4) is 0 Å². The molecule has 8 heteroatoms. The summed E-state index contributed by atoms with van der Waals surface area (Å²) in [4.78, 5) is 0. The summed E-state index contributed by atoms with van der Waals surface area (Å²) in [6.07, 6.45) is 6.29. The Balaban J connectivity index is 1.42. The van der Waals surface area contributed by atoms with Gasteiger partial charge in [0.15, 0.2) is 17.5 Å². The molecule has 0 atom stereocenters. The second kappa shape index (κ2) is 11.0. The summed E-state index contributed by atoms with van der Waals surface area (Å²) in [5, 5.41) is 0. The molecule has 0 heterocycles. The van der Waals surface area contributed by atoms with Crippen LogP contribution in [-0.2, 0) is 6.11 Å². The molecule has 0 unspecified atom stereocenters. The first-order valence-electron chi connectivity index (χ1n) is 12.8. The summed E-state index contributed by atoms with van der Waals surface area (Å²) in [7, 11) is 0. The van der Waals surface area contributed by atoms with Crippen LogP contribution in [0.5, 0.6) is 5.75 Å². The van der Waals surface area contributed by atoms with Gasteiger partial charge >= 0.3 is 6.11 Å². The normalized spacial score (nSPS) is 25.1. The number of rotatable bonds is 7. The average Bonchev–Trinajstić information content (AvgIpc) is 2.82. The molecular formula is C28H31F7O. The molecule has 0 radical (unpaired) electrons. The third kappa shape index (κ3) is 5.83. The van der Waals surface area contributed by atoms with Crippen molar-refractivity contribution in [1.82, 2.24) is 0 Å². The summed E-state index contributed by atoms with van der Waals surface area (Å²) < 4.78 is 103. The Morgan fingerprint density at radius 3 is 1.72 bits per heavy atom. The van der Waals surface area contributed by atoms with E-state index in [-0.39, 0.29) is 18.1 Å². The summed E-state index contributed by atoms with van der Waals surface area (Å²) in [5.41, 5.74) is -1.34. The topological polar surface area (TPSA) is 9.23 Å².